The van der Waals surface area contributed by atoms with Gasteiger partial charge in [0.05, 0.1) is 10.7 Å². The Morgan fingerprint density at radius 3 is 2.85 bits per heavy atom. The van der Waals surface area contributed by atoms with E-state index in [0.717, 1.165) is 25.6 Å². The molecule has 2 heterocycles. The van der Waals surface area contributed by atoms with Crippen molar-refractivity contribution in [2.75, 3.05) is 19.7 Å². The molecule has 1 aliphatic heterocycles. The molecule has 1 saturated heterocycles. The highest BCUT2D eigenvalue weighted by molar-refractivity contribution is 7.09. The first kappa shape index (κ1) is 14.5. The van der Waals surface area contributed by atoms with E-state index in [1.807, 2.05) is 11.3 Å². The van der Waals surface area contributed by atoms with Crippen LogP contribution in [0.3, 0.4) is 0 Å². The van der Waals surface area contributed by atoms with Crippen LogP contribution in [0.4, 0.5) is 0 Å². The van der Waals surface area contributed by atoms with Crippen molar-refractivity contribution in [3.05, 3.63) is 16.1 Å². The van der Waals surface area contributed by atoms with Crippen molar-refractivity contribution in [2.45, 2.75) is 57.4 Å². The van der Waals surface area contributed by atoms with Gasteiger partial charge in [0.15, 0.2) is 0 Å². The summed E-state index contributed by atoms with van der Waals surface area (Å²) in [4.78, 5) is 7.36. The standard InChI is InChI=1S/C16H26N2OS/c19-11-13-5-4-8-18(9-13)10-15-12-20-16(17-15)14-6-2-1-3-7-14/h12-14,19H,1-11H2. The molecule has 4 heteroatoms. The first-order valence-corrected chi connectivity index (χ1v) is 9.00. The molecule has 1 N–H and O–H groups in total. The molecular weight excluding hydrogens is 268 g/mol. The van der Waals surface area contributed by atoms with Crippen molar-refractivity contribution in [1.29, 1.82) is 0 Å². The summed E-state index contributed by atoms with van der Waals surface area (Å²) in [5.41, 5.74) is 1.24. The van der Waals surface area contributed by atoms with Crippen LogP contribution in [0.15, 0.2) is 5.38 Å². The topological polar surface area (TPSA) is 36.4 Å². The predicted octanol–water partition coefficient (Wildman–Crippen LogP) is 3.40. The number of nitrogens with zero attached hydrogens (tertiary/aromatic N) is 2. The molecule has 0 radical (unpaired) electrons. The highest BCUT2D eigenvalue weighted by Gasteiger charge is 2.22. The fraction of sp³-hybridized carbons (Fsp3) is 0.812. The summed E-state index contributed by atoms with van der Waals surface area (Å²) in [7, 11) is 0. The molecule has 1 unspecified atom stereocenters. The molecule has 0 spiro atoms. The second kappa shape index (κ2) is 7.01. The summed E-state index contributed by atoms with van der Waals surface area (Å²) in [6, 6.07) is 0. The summed E-state index contributed by atoms with van der Waals surface area (Å²) in [5.74, 6) is 1.20. The molecule has 112 valence electrons. The van der Waals surface area contributed by atoms with Crippen LogP contribution >= 0.6 is 11.3 Å². The number of piperidine rings is 1. The summed E-state index contributed by atoms with van der Waals surface area (Å²) in [6.45, 7) is 3.50. The first-order chi connectivity index (χ1) is 9.85. The number of likely N-dealkylation sites (tertiary alicyclic amines) is 1. The molecule has 0 bridgehead atoms. The second-order valence-corrected chi connectivity index (χ2v) is 7.33. The Bertz CT molecular complexity index is 414. The SMILES string of the molecule is OCC1CCCN(Cc2csc(C3CCCCC3)n2)C1. The molecule has 1 saturated carbocycles. The molecule has 1 aliphatic carbocycles. The maximum Gasteiger partial charge on any atom is 0.0959 e. The smallest absolute Gasteiger partial charge is 0.0959 e. The van der Waals surface area contributed by atoms with Crippen LogP contribution in [0, 0.1) is 5.92 Å². The first-order valence-electron chi connectivity index (χ1n) is 8.12. The number of aliphatic hydroxyl groups is 1. The van der Waals surface area contributed by atoms with Crippen LogP contribution in [0.2, 0.25) is 0 Å². The maximum atomic E-state index is 9.31. The molecule has 2 fully saturated rings. The third-order valence-electron chi connectivity index (χ3n) is 4.77. The highest BCUT2D eigenvalue weighted by atomic mass is 32.1. The third kappa shape index (κ3) is 3.60. The molecule has 0 amide bonds. The Hall–Kier alpha value is -0.450. The average molecular weight is 294 g/mol. The Morgan fingerprint density at radius 2 is 2.05 bits per heavy atom. The van der Waals surface area contributed by atoms with E-state index < -0.39 is 0 Å². The lowest BCUT2D eigenvalue weighted by Crippen LogP contribution is -2.36. The minimum atomic E-state index is 0.334. The lowest BCUT2D eigenvalue weighted by molar-refractivity contribution is 0.115. The van der Waals surface area contributed by atoms with E-state index in [2.05, 4.69) is 10.3 Å². The Balaban J connectivity index is 1.56. The van der Waals surface area contributed by atoms with Gasteiger partial charge in [0.1, 0.15) is 0 Å². The lowest BCUT2D eigenvalue weighted by atomic mass is 9.90. The van der Waals surface area contributed by atoms with Gasteiger partial charge < -0.3 is 5.11 Å². The van der Waals surface area contributed by atoms with Crippen molar-refractivity contribution in [1.82, 2.24) is 9.88 Å². The minimum Gasteiger partial charge on any atom is -0.396 e. The van der Waals surface area contributed by atoms with Gasteiger partial charge in [-0.25, -0.2) is 4.98 Å². The molecule has 1 aromatic rings. The van der Waals surface area contributed by atoms with E-state index in [1.165, 1.54) is 55.6 Å². The number of hydrogen-bond donors (Lipinski definition) is 1. The zero-order chi connectivity index (χ0) is 13.8. The van der Waals surface area contributed by atoms with E-state index in [9.17, 15) is 5.11 Å². The van der Waals surface area contributed by atoms with Gasteiger partial charge in [0.2, 0.25) is 0 Å². The molecule has 1 atom stereocenters. The van der Waals surface area contributed by atoms with Crippen LogP contribution in [-0.2, 0) is 6.54 Å². The quantitative estimate of drug-likeness (QED) is 0.924. The number of rotatable bonds is 4. The largest absolute Gasteiger partial charge is 0.396 e. The summed E-state index contributed by atoms with van der Waals surface area (Å²) in [5, 5.41) is 12.9. The van der Waals surface area contributed by atoms with E-state index >= 15 is 0 Å². The molecule has 0 aromatic carbocycles. The van der Waals surface area contributed by atoms with Gasteiger partial charge in [0, 0.05) is 31.0 Å². The number of aromatic nitrogens is 1. The Labute approximate surface area is 126 Å². The molecule has 1 aromatic heterocycles. The number of thiazole rings is 1. The van der Waals surface area contributed by atoms with E-state index in [-0.39, 0.29) is 0 Å². The van der Waals surface area contributed by atoms with E-state index in [4.69, 9.17) is 4.98 Å². The second-order valence-electron chi connectivity index (χ2n) is 6.44. The van der Waals surface area contributed by atoms with Crippen molar-refractivity contribution in [3.8, 4) is 0 Å². The molecule has 3 nitrogen and oxygen atoms in total. The summed E-state index contributed by atoms with van der Waals surface area (Å²) < 4.78 is 0. The fourth-order valence-electron chi connectivity index (χ4n) is 3.61. The lowest BCUT2D eigenvalue weighted by Gasteiger charge is -2.31. The van der Waals surface area contributed by atoms with Crippen LogP contribution in [-0.4, -0.2) is 34.7 Å². The average Bonchev–Trinajstić information content (AvgIpc) is 2.97. The Kier molecular flexibility index (Phi) is 5.08. The van der Waals surface area contributed by atoms with Gasteiger partial charge >= 0.3 is 0 Å². The molecule has 20 heavy (non-hydrogen) atoms. The zero-order valence-corrected chi connectivity index (χ0v) is 13.1. The predicted molar refractivity (Wildman–Crippen MR) is 83.0 cm³/mol. The van der Waals surface area contributed by atoms with Crippen molar-refractivity contribution in [2.24, 2.45) is 5.92 Å². The maximum absolute atomic E-state index is 9.31. The van der Waals surface area contributed by atoms with E-state index in [1.54, 1.807) is 0 Å². The molecular formula is C16H26N2OS. The normalized spacial score (nSPS) is 25.9. The third-order valence-corrected chi connectivity index (χ3v) is 5.83. The van der Waals surface area contributed by atoms with Crippen molar-refractivity contribution in [3.63, 3.8) is 0 Å². The van der Waals surface area contributed by atoms with Crippen molar-refractivity contribution < 1.29 is 5.11 Å². The van der Waals surface area contributed by atoms with Gasteiger partial charge in [-0.15, -0.1) is 11.3 Å². The molecule has 2 aliphatic rings. The highest BCUT2D eigenvalue weighted by Crippen LogP contribution is 2.34. The van der Waals surface area contributed by atoms with E-state index in [0.29, 0.717) is 12.5 Å². The summed E-state index contributed by atoms with van der Waals surface area (Å²) >= 11 is 1.86. The minimum absolute atomic E-state index is 0.334. The fourth-order valence-corrected chi connectivity index (χ4v) is 4.59. The zero-order valence-electron chi connectivity index (χ0n) is 12.3. The van der Waals surface area contributed by atoms with Gasteiger partial charge in [0.25, 0.3) is 0 Å². The monoisotopic (exact) mass is 294 g/mol. The Morgan fingerprint density at radius 1 is 1.20 bits per heavy atom. The van der Waals surface area contributed by atoms with Crippen LogP contribution in [0.1, 0.15) is 61.6 Å². The summed E-state index contributed by atoms with van der Waals surface area (Å²) in [6.07, 6.45) is 9.23. The van der Waals surface area contributed by atoms with Gasteiger partial charge in [-0.05, 0) is 38.1 Å². The van der Waals surface area contributed by atoms with Crippen LogP contribution in [0.25, 0.3) is 0 Å². The number of aliphatic hydroxyl groups excluding tert-OH is 1. The van der Waals surface area contributed by atoms with Gasteiger partial charge in [-0.2, -0.15) is 0 Å². The van der Waals surface area contributed by atoms with Gasteiger partial charge in [-0.3, -0.25) is 4.90 Å². The van der Waals surface area contributed by atoms with Crippen LogP contribution < -0.4 is 0 Å². The molecule has 3 rings (SSSR count). The van der Waals surface area contributed by atoms with Gasteiger partial charge in [-0.1, -0.05) is 19.3 Å². The van der Waals surface area contributed by atoms with Crippen LogP contribution in [0.5, 0.6) is 0 Å². The van der Waals surface area contributed by atoms with Crippen molar-refractivity contribution >= 4 is 11.3 Å². The number of hydrogen-bond acceptors (Lipinski definition) is 4.